The van der Waals surface area contributed by atoms with Gasteiger partial charge in [0.1, 0.15) is 0 Å². The van der Waals surface area contributed by atoms with Gasteiger partial charge in [-0.15, -0.1) is 0 Å². The molecule has 3 unspecified atom stereocenters. The normalized spacial score (nSPS) is 36.0. The molecule has 0 bridgehead atoms. The highest BCUT2D eigenvalue weighted by Gasteiger charge is 2.59. The van der Waals surface area contributed by atoms with Gasteiger partial charge in [0.2, 0.25) is 0 Å². The van der Waals surface area contributed by atoms with Gasteiger partial charge in [0.15, 0.2) is 5.96 Å². The van der Waals surface area contributed by atoms with Crippen molar-refractivity contribution in [3.05, 3.63) is 0 Å². The van der Waals surface area contributed by atoms with Gasteiger partial charge in [0.25, 0.3) is 0 Å². The van der Waals surface area contributed by atoms with Crippen LogP contribution in [0.5, 0.6) is 0 Å². The Morgan fingerprint density at radius 3 is 2.62 bits per heavy atom. The third-order valence-electron chi connectivity index (χ3n) is 5.65. The van der Waals surface area contributed by atoms with Gasteiger partial charge in [0.05, 0.1) is 6.10 Å². The number of fused-ring (bicyclic) bond motifs is 1. The first kappa shape index (κ1) is 15.1. The first-order valence-electron chi connectivity index (χ1n) is 8.82. The van der Waals surface area contributed by atoms with Crippen molar-refractivity contribution in [3.8, 4) is 0 Å². The average Bonchev–Trinajstić information content (AvgIpc) is 2.93. The van der Waals surface area contributed by atoms with E-state index in [1.165, 1.54) is 38.5 Å². The average molecular weight is 293 g/mol. The molecule has 21 heavy (non-hydrogen) atoms. The molecular weight excluding hydrogens is 262 g/mol. The van der Waals surface area contributed by atoms with E-state index >= 15 is 0 Å². The summed E-state index contributed by atoms with van der Waals surface area (Å²) in [5.74, 6) is 1.68. The lowest BCUT2D eigenvalue weighted by atomic mass is 9.57. The fourth-order valence-electron chi connectivity index (χ4n) is 4.50. The third-order valence-corrected chi connectivity index (χ3v) is 5.65. The van der Waals surface area contributed by atoms with E-state index in [1.54, 1.807) is 0 Å². The largest absolute Gasteiger partial charge is 0.377 e. The molecule has 4 nitrogen and oxygen atoms in total. The number of hydrogen-bond donors (Lipinski definition) is 2. The first-order valence-corrected chi connectivity index (χ1v) is 8.82. The van der Waals surface area contributed by atoms with Crippen LogP contribution in [0.25, 0.3) is 0 Å². The van der Waals surface area contributed by atoms with E-state index in [4.69, 9.17) is 4.74 Å². The molecule has 2 saturated carbocycles. The molecule has 1 saturated heterocycles. The quantitative estimate of drug-likeness (QED) is 0.621. The number of ether oxygens (including phenoxy) is 1. The standard InChI is InChI=1S/C17H31N3O/c1-4-18-16(19-12-8-6-5-7-9-12)20-14-13-10-11-21-15(13)17(14,2)3/h12-15H,4-11H2,1-3H3,(H2,18,19,20). The molecule has 0 amide bonds. The van der Waals surface area contributed by atoms with Crippen LogP contribution in [0.2, 0.25) is 0 Å². The minimum atomic E-state index is 0.212. The van der Waals surface area contributed by atoms with Crippen molar-refractivity contribution < 1.29 is 4.74 Å². The maximum atomic E-state index is 5.89. The van der Waals surface area contributed by atoms with Gasteiger partial charge in [0, 0.05) is 36.6 Å². The van der Waals surface area contributed by atoms with Crippen molar-refractivity contribution in [2.75, 3.05) is 13.2 Å². The predicted molar refractivity (Wildman–Crippen MR) is 86.5 cm³/mol. The smallest absolute Gasteiger partial charge is 0.191 e. The zero-order valence-electron chi connectivity index (χ0n) is 13.8. The highest BCUT2D eigenvalue weighted by Crippen LogP contribution is 2.52. The summed E-state index contributed by atoms with van der Waals surface area (Å²) < 4.78 is 5.89. The summed E-state index contributed by atoms with van der Waals surface area (Å²) in [4.78, 5) is 4.67. The minimum absolute atomic E-state index is 0.212. The summed E-state index contributed by atoms with van der Waals surface area (Å²) in [5.41, 5.74) is 0.212. The molecule has 3 atom stereocenters. The predicted octanol–water partition coefficient (Wildman–Crippen LogP) is 2.69. The number of rotatable bonds is 3. The molecule has 3 fully saturated rings. The topological polar surface area (TPSA) is 45.7 Å². The number of guanidine groups is 1. The van der Waals surface area contributed by atoms with Crippen LogP contribution in [0.15, 0.2) is 4.99 Å². The zero-order valence-corrected chi connectivity index (χ0v) is 13.8. The molecule has 0 aromatic rings. The van der Waals surface area contributed by atoms with Crippen molar-refractivity contribution in [1.82, 2.24) is 10.6 Å². The van der Waals surface area contributed by atoms with Crippen LogP contribution in [0, 0.1) is 11.3 Å². The van der Waals surface area contributed by atoms with Crippen LogP contribution in [0.3, 0.4) is 0 Å². The van der Waals surface area contributed by atoms with E-state index in [9.17, 15) is 0 Å². The Kier molecular flexibility index (Phi) is 4.43. The second kappa shape index (κ2) is 6.15. The van der Waals surface area contributed by atoms with Gasteiger partial charge in [-0.05, 0) is 26.2 Å². The molecule has 1 aliphatic heterocycles. The Morgan fingerprint density at radius 2 is 1.90 bits per heavy atom. The Labute approximate surface area is 129 Å². The molecule has 2 N–H and O–H groups in total. The molecule has 120 valence electrons. The van der Waals surface area contributed by atoms with Gasteiger partial charge in [-0.3, -0.25) is 4.99 Å². The number of nitrogens with zero attached hydrogens (tertiary/aromatic N) is 1. The molecule has 0 aromatic heterocycles. The Hall–Kier alpha value is -0.770. The SMILES string of the molecule is CCN=C(NC1CCCCC1)NC1C2CCOC2C1(C)C. The van der Waals surface area contributed by atoms with Gasteiger partial charge in [-0.25, -0.2) is 0 Å². The maximum absolute atomic E-state index is 5.89. The lowest BCUT2D eigenvalue weighted by Gasteiger charge is -2.55. The third kappa shape index (κ3) is 2.92. The van der Waals surface area contributed by atoms with Crippen molar-refractivity contribution in [2.24, 2.45) is 16.3 Å². The molecule has 0 spiro atoms. The van der Waals surface area contributed by atoms with Crippen LogP contribution in [0.4, 0.5) is 0 Å². The molecule has 1 heterocycles. The summed E-state index contributed by atoms with van der Waals surface area (Å²) in [7, 11) is 0. The van der Waals surface area contributed by atoms with Gasteiger partial charge in [-0.1, -0.05) is 33.1 Å². The molecule has 3 aliphatic rings. The fourth-order valence-corrected chi connectivity index (χ4v) is 4.50. The Balaban J connectivity index is 1.61. The summed E-state index contributed by atoms with van der Waals surface area (Å²) in [6.45, 7) is 8.51. The van der Waals surface area contributed by atoms with Crippen molar-refractivity contribution in [3.63, 3.8) is 0 Å². The van der Waals surface area contributed by atoms with Crippen molar-refractivity contribution in [1.29, 1.82) is 0 Å². The van der Waals surface area contributed by atoms with Crippen LogP contribution in [-0.2, 0) is 4.74 Å². The monoisotopic (exact) mass is 293 g/mol. The molecule has 2 aliphatic carbocycles. The van der Waals surface area contributed by atoms with Gasteiger partial charge in [-0.2, -0.15) is 0 Å². The zero-order chi connectivity index (χ0) is 14.9. The molecule has 3 rings (SSSR count). The van der Waals surface area contributed by atoms with Crippen LogP contribution < -0.4 is 10.6 Å². The highest BCUT2D eigenvalue weighted by molar-refractivity contribution is 5.80. The van der Waals surface area contributed by atoms with E-state index in [2.05, 4.69) is 36.4 Å². The minimum Gasteiger partial charge on any atom is -0.377 e. The van der Waals surface area contributed by atoms with E-state index in [0.29, 0.717) is 24.1 Å². The van der Waals surface area contributed by atoms with Gasteiger partial charge < -0.3 is 15.4 Å². The number of hydrogen-bond acceptors (Lipinski definition) is 2. The van der Waals surface area contributed by atoms with E-state index < -0.39 is 0 Å². The fraction of sp³-hybridized carbons (Fsp3) is 0.941. The molecular formula is C17H31N3O. The van der Waals surface area contributed by atoms with Crippen molar-refractivity contribution >= 4 is 5.96 Å². The van der Waals surface area contributed by atoms with Gasteiger partial charge >= 0.3 is 0 Å². The van der Waals surface area contributed by atoms with E-state index in [0.717, 1.165) is 19.1 Å². The lowest BCUT2D eigenvalue weighted by Crippen LogP contribution is -2.68. The summed E-state index contributed by atoms with van der Waals surface area (Å²) in [6, 6.07) is 1.10. The van der Waals surface area contributed by atoms with E-state index in [1.807, 2.05) is 0 Å². The molecule has 4 heteroatoms. The van der Waals surface area contributed by atoms with Crippen molar-refractivity contribution in [2.45, 2.75) is 77.5 Å². The lowest BCUT2D eigenvalue weighted by molar-refractivity contribution is -0.106. The highest BCUT2D eigenvalue weighted by atomic mass is 16.5. The second-order valence-electron chi connectivity index (χ2n) is 7.49. The van der Waals surface area contributed by atoms with Crippen LogP contribution in [-0.4, -0.2) is 37.3 Å². The molecule has 0 aromatic carbocycles. The van der Waals surface area contributed by atoms with E-state index in [-0.39, 0.29) is 5.41 Å². The van der Waals surface area contributed by atoms with Crippen LogP contribution >= 0.6 is 0 Å². The maximum Gasteiger partial charge on any atom is 0.191 e. The number of aliphatic imine (C=N–C) groups is 1. The summed E-state index contributed by atoms with van der Waals surface area (Å²) in [6.07, 6.45) is 8.29. The first-order chi connectivity index (χ1) is 10.1. The Bertz CT molecular complexity index is 387. The molecule has 0 radical (unpaired) electrons. The second-order valence-corrected chi connectivity index (χ2v) is 7.49. The summed E-state index contributed by atoms with van der Waals surface area (Å²) in [5, 5.41) is 7.39. The summed E-state index contributed by atoms with van der Waals surface area (Å²) >= 11 is 0. The number of nitrogens with one attached hydrogen (secondary N) is 2. The Morgan fingerprint density at radius 1 is 1.14 bits per heavy atom. The van der Waals surface area contributed by atoms with Crippen LogP contribution in [0.1, 0.15) is 59.3 Å².